The van der Waals surface area contributed by atoms with Gasteiger partial charge in [0.2, 0.25) is 0 Å². The van der Waals surface area contributed by atoms with Crippen molar-refractivity contribution in [2.45, 2.75) is 63.9 Å². The summed E-state index contributed by atoms with van der Waals surface area (Å²) in [6.45, 7) is 9.30. The van der Waals surface area contributed by atoms with Gasteiger partial charge in [-0.25, -0.2) is 4.79 Å². The zero-order chi connectivity index (χ0) is 16.1. The maximum absolute atomic E-state index is 12.0. The summed E-state index contributed by atoms with van der Waals surface area (Å²) in [5, 5.41) is 0. The first-order valence-electron chi connectivity index (χ1n) is 7.72. The van der Waals surface area contributed by atoms with Gasteiger partial charge in [-0.3, -0.25) is 4.79 Å². The first-order valence-corrected chi connectivity index (χ1v) is 7.72. The molecule has 0 radical (unpaired) electrons. The number of allylic oxidation sites excluding steroid dienone is 1. The van der Waals surface area contributed by atoms with Crippen molar-refractivity contribution in [3.8, 4) is 0 Å². The highest BCUT2D eigenvalue weighted by atomic mass is 16.6. The number of fused-ring (bicyclic) bond motifs is 3. The summed E-state index contributed by atoms with van der Waals surface area (Å²) in [5.41, 5.74) is 1.24. The number of rotatable bonds is 1. The van der Waals surface area contributed by atoms with Crippen LogP contribution in [0.25, 0.3) is 0 Å². The van der Waals surface area contributed by atoms with Crippen LogP contribution in [-0.4, -0.2) is 35.9 Å². The van der Waals surface area contributed by atoms with E-state index in [-0.39, 0.29) is 23.6 Å². The summed E-state index contributed by atoms with van der Waals surface area (Å²) in [6.07, 6.45) is 3.52. The zero-order valence-corrected chi connectivity index (χ0v) is 13.3. The maximum Gasteiger partial charge on any atom is 0.334 e. The number of esters is 2. The molecule has 3 rings (SSSR count). The van der Waals surface area contributed by atoms with Crippen LogP contribution in [0.1, 0.15) is 40.0 Å². The molecule has 120 valence electrons. The molecule has 0 bridgehead atoms. The normalized spacial score (nSPS) is 43.3. The first kappa shape index (κ1) is 15.3. The van der Waals surface area contributed by atoms with Gasteiger partial charge in [0.05, 0.1) is 11.5 Å². The smallest absolute Gasteiger partial charge is 0.334 e. The lowest BCUT2D eigenvalue weighted by atomic mass is 9.82. The molecule has 0 N–H and O–H groups in total. The van der Waals surface area contributed by atoms with Crippen molar-refractivity contribution in [3.63, 3.8) is 0 Å². The topological polar surface area (TPSA) is 65.1 Å². The van der Waals surface area contributed by atoms with Gasteiger partial charge in [0.15, 0.2) is 0 Å². The van der Waals surface area contributed by atoms with E-state index in [1.54, 1.807) is 0 Å². The average molecular weight is 306 g/mol. The highest BCUT2D eigenvalue weighted by Gasteiger charge is 2.63. The Morgan fingerprint density at radius 2 is 2.23 bits per heavy atom. The molecule has 5 nitrogen and oxygen atoms in total. The van der Waals surface area contributed by atoms with Gasteiger partial charge in [-0.1, -0.05) is 18.2 Å². The number of epoxide rings is 1. The van der Waals surface area contributed by atoms with E-state index in [1.165, 1.54) is 6.92 Å². The molecule has 5 heteroatoms. The molecule has 2 heterocycles. The quantitative estimate of drug-likeness (QED) is 0.322. The Bertz CT molecular complexity index is 563. The molecule has 1 aliphatic carbocycles. The number of carbonyl (C=O) groups is 2. The Kier molecular flexibility index (Phi) is 3.63. The minimum atomic E-state index is -0.441. The molecule has 0 saturated carbocycles. The molecule has 0 aromatic carbocycles. The van der Waals surface area contributed by atoms with Crippen LogP contribution in [-0.2, 0) is 23.8 Å². The minimum Gasteiger partial charge on any atom is -0.461 e. The second kappa shape index (κ2) is 5.23. The third kappa shape index (κ3) is 2.58. The predicted octanol–water partition coefficient (Wildman–Crippen LogP) is 2.30. The predicted molar refractivity (Wildman–Crippen MR) is 79.0 cm³/mol. The molecule has 0 spiro atoms. The molecule has 5 atom stereocenters. The summed E-state index contributed by atoms with van der Waals surface area (Å²) in [6, 6.07) is 0. The molecule has 0 amide bonds. The van der Waals surface area contributed by atoms with Gasteiger partial charge in [0.25, 0.3) is 0 Å². The summed E-state index contributed by atoms with van der Waals surface area (Å²) in [4.78, 5) is 23.5. The van der Waals surface area contributed by atoms with E-state index >= 15 is 0 Å². The Hall–Kier alpha value is -1.62. The van der Waals surface area contributed by atoms with Crippen LogP contribution < -0.4 is 0 Å². The fourth-order valence-corrected chi connectivity index (χ4v) is 3.63. The Labute approximate surface area is 130 Å². The van der Waals surface area contributed by atoms with Crippen molar-refractivity contribution >= 4 is 11.9 Å². The van der Waals surface area contributed by atoms with E-state index in [0.29, 0.717) is 12.0 Å². The highest BCUT2D eigenvalue weighted by Crippen LogP contribution is 2.50. The van der Waals surface area contributed by atoms with Gasteiger partial charge < -0.3 is 14.2 Å². The zero-order valence-electron chi connectivity index (χ0n) is 13.3. The van der Waals surface area contributed by atoms with Gasteiger partial charge in [-0.2, -0.15) is 0 Å². The van der Waals surface area contributed by atoms with Gasteiger partial charge in [-0.05, 0) is 26.7 Å². The molecule has 0 unspecified atom stereocenters. The van der Waals surface area contributed by atoms with Crippen molar-refractivity contribution in [1.29, 1.82) is 0 Å². The van der Waals surface area contributed by atoms with Crippen molar-refractivity contribution in [3.05, 3.63) is 23.8 Å². The molecule has 2 fully saturated rings. The van der Waals surface area contributed by atoms with Crippen LogP contribution in [0, 0.1) is 5.92 Å². The summed E-state index contributed by atoms with van der Waals surface area (Å²) < 4.78 is 16.8. The summed E-state index contributed by atoms with van der Waals surface area (Å²) in [7, 11) is 0. The third-order valence-corrected chi connectivity index (χ3v) is 4.88. The van der Waals surface area contributed by atoms with Crippen LogP contribution in [0.2, 0.25) is 0 Å². The summed E-state index contributed by atoms with van der Waals surface area (Å²) >= 11 is 0. The van der Waals surface area contributed by atoms with Crippen LogP contribution in [0.15, 0.2) is 23.8 Å². The SMILES string of the molecule is C=C1C(=O)O[C@H]2[C@H]1[C@@H](OC(C)=O)C/C(C)=C/CC[C@@]1(C)O[C@@H]21. The van der Waals surface area contributed by atoms with E-state index in [9.17, 15) is 9.59 Å². The lowest BCUT2D eigenvalue weighted by Gasteiger charge is -2.27. The highest BCUT2D eigenvalue weighted by molar-refractivity contribution is 5.91. The molecule has 0 aromatic heterocycles. The molecular formula is C17H22O5. The number of carbonyl (C=O) groups excluding carboxylic acids is 2. The lowest BCUT2D eigenvalue weighted by molar-refractivity contribution is -0.150. The van der Waals surface area contributed by atoms with E-state index < -0.39 is 18.2 Å². The molecular weight excluding hydrogens is 284 g/mol. The van der Waals surface area contributed by atoms with Crippen LogP contribution >= 0.6 is 0 Å². The maximum atomic E-state index is 12.0. The van der Waals surface area contributed by atoms with Crippen molar-refractivity contribution in [1.82, 2.24) is 0 Å². The van der Waals surface area contributed by atoms with Crippen molar-refractivity contribution in [2.24, 2.45) is 5.92 Å². The largest absolute Gasteiger partial charge is 0.461 e. The third-order valence-electron chi connectivity index (χ3n) is 4.88. The lowest BCUT2D eigenvalue weighted by Crippen LogP contribution is -2.38. The van der Waals surface area contributed by atoms with E-state index in [1.807, 2.05) is 13.8 Å². The molecule has 22 heavy (non-hydrogen) atoms. The van der Waals surface area contributed by atoms with Crippen molar-refractivity contribution < 1.29 is 23.8 Å². The second-order valence-corrected chi connectivity index (χ2v) is 6.71. The molecule has 0 aromatic rings. The Morgan fingerprint density at radius 3 is 2.91 bits per heavy atom. The van der Waals surface area contributed by atoms with Gasteiger partial charge in [-0.15, -0.1) is 0 Å². The first-order chi connectivity index (χ1) is 10.3. The van der Waals surface area contributed by atoms with Crippen molar-refractivity contribution in [2.75, 3.05) is 0 Å². The van der Waals surface area contributed by atoms with E-state index in [4.69, 9.17) is 14.2 Å². The van der Waals surface area contributed by atoms with Crippen LogP contribution in [0.3, 0.4) is 0 Å². The average Bonchev–Trinajstić information content (AvgIpc) is 2.98. The molecule has 3 aliphatic rings. The fourth-order valence-electron chi connectivity index (χ4n) is 3.63. The standard InChI is InChI=1S/C17H22O5/c1-9-6-5-7-17(4)15(22-17)14-13(10(2)16(19)21-14)12(8-9)20-11(3)18/h6,12-15H,2,5,7-8H2,1,3-4H3/b9-6+/t12-,13+,14-,15-,17+/m0/s1. The van der Waals surface area contributed by atoms with Crippen LogP contribution in [0.5, 0.6) is 0 Å². The monoisotopic (exact) mass is 306 g/mol. The second-order valence-electron chi connectivity index (χ2n) is 6.71. The van der Waals surface area contributed by atoms with Crippen LogP contribution in [0.4, 0.5) is 0 Å². The van der Waals surface area contributed by atoms with Gasteiger partial charge in [0, 0.05) is 18.9 Å². The Morgan fingerprint density at radius 1 is 1.50 bits per heavy atom. The number of ether oxygens (including phenoxy) is 3. The minimum absolute atomic E-state index is 0.148. The van der Waals surface area contributed by atoms with E-state index in [0.717, 1.165) is 18.4 Å². The fraction of sp³-hybridized carbons (Fsp3) is 0.647. The number of hydrogen-bond donors (Lipinski definition) is 0. The Balaban J connectivity index is 1.96. The number of hydrogen-bond acceptors (Lipinski definition) is 5. The van der Waals surface area contributed by atoms with Gasteiger partial charge in [0.1, 0.15) is 18.3 Å². The molecule has 2 saturated heterocycles. The van der Waals surface area contributed by atoms with E-state index in [2.05, 4.69) is 12.7 Å². The molecule has 2 aliphatic heterocycles. The summed E-state index contributed by atoms with van der Waals surface area (Å²) in [5.74, 6) is -1.12. The van der Waals surface area contributed by atoms with Gasteiger partial charge >= 0.3 is 11.9 Å².